The first-order valence-electron chi connectivity index (χ1n) is 12.3. The van der Waals surface area contributed by atoms with Crippen LogP contribution in [-0.2, 0) is 28.9 Å². The van der Waals surface area contributed by atoms with E-state index in [1.54, 1.807) is 11.5 Å². The van der Waals surface area contributed by atoms with Crippen molar-refractivity contribution in [3.05, 3.63) is 94.2 Å². The minimum atomic E-state index is -0.460. The zero-order valence-corrected chi connectivity index (χ0v) is 21.8. The van der Waals surface area contributed by atoms with Crippen LogP contribution >= 0.6 is 11.3 Å². The summed E-state index contributed by atoms with van der Waals surface area (Å²) in [5.74, 6) is 0.00359. The minimum Gasteiger partial charge on any atom is -0.494 e. The largest absolute Gasteiger partial charge is 0.494 e. The Morgan fingerprint density at radius 2 is 1.74 bits per heavy atom. The Kier molecular flexibility index (Phi) is 9.54. The van der Waals surface area contributed by atoms with Gasteiger partial charge in [0.15, 0.2) is 11.6 Å². The fourth-order valence-electron chi connectivity index (χ4n) is 3.84. The summed E-state index contributed by atoms with van der Waals surface area (Å²) in [4.78, 5) is 24.5. The number of rotatable bonds is 12. The molecule has 2 aromatic carbocycles. The van der Waals surface area contributed by atoms with Gasteiger partial charge >= 0.3 is 0 Å². The van der Waals surface area contributed by atoms with Gasteiger partial charge in [-0.15, -0.1) is 10.2 Å². The van der Waals surface area contributed by atoms with Crippen LogP contribution < -0.4 is 26.2 Å². The van der Waals surface area contributed by atoms with Crippen molar-refractivity contribution in [1.82, 2.24) is 20.9 Å². The molecule has 0 spiro atoms. The molecule has 4 rings (SSSR count). The average Bonchev–Trinajstić information content (AvgIpc) is 3.36. The zero-order valence-electron chi connectivity index (χ0n) is 21.0. The van der Waals surface area contributed by atoms with Crippen molar-refractivity contribution in [2.24, 2.45) is 0 Å². The first kappa shape index (κ1) is 27.0. The number of carbonyl (C=O) groups is 2. The van der Waals surface area contributed by atoms with E-state index in [-0.39, 0.29) is 24.0 Å². The summed E-state index contributed by atoms with van der Waals surface area (Å²) in [6.45, 7) is 0. The first-order valence-corrected chi connectivity index (χ1v) is 13.1. The topological polar surface area (TPSA) is 122 Å². The second-order valence-electron chi connectivity index (χ2n) is 8.72. The minimum absolute atomic E-state index is 0.107. The number of ether oxygens (including phenoxy) is 1. The molecule has 3 aromatic rings. The van der Waals surface area contributed by atoms with Crippen LogP contribution in [0.25, 0.3) is 0 Å². The Bertz CT molecular complexity index is 1330. The van der Waals surface area contributed by atoms with E-state index in [9.17, 15) is 14.0 Å². The van der Waals surface area contributed by atoms with Gasteiger partial charge in [-0.2, -0.15) is 5.43 Å². The van der Waals surface area contributed by atoms with Gasteiger partial charge in [-0.3, -0.25) is 14.9 Å². The van der Waals surface area contributed by atoms with Crippen LogP contribution in [0.1, 0.15) is 35.4 Å². The monoisotopic (exact) mass is 537 g/mol. The van der Waals surface area contributed by atoms with Crippen LogP contribution in [0.3, 0.4) is 0 Å². The molecule has 1 aromatic heterocycles. The fourth-order valence-corrected chi connectivity index (χ4v) is 4.63. The van der Waals surface area contributed by atoms with E-state index in [4.69, 9.17) is 4.74 Å². The molecule has 1 aliphatic rings. The molecule has 0 radical (unpaired) electrons. The molecular formula is C27H30FN6O3S+. The van der Waals surface area contributed by atoms with Crippen LogP contribution in [0, 0.1) is 5.82 Å². The van der Waals surface area contributed by atoms with Gasteiger partial charge in [0.25, 0.3) is 0 Å². The molecule has 0 saturated carbocycles. The van der Waals surface area contributed by atoms with Gasteiger partial charge in [-0.1, -0.05) is 47.7 Å². The van der Waals surface area contributed by atoms with Gasteiger partial charge in [0, 0.05) is 12.5 Å². The quantitative estimate of drug-likeness (QED) is 0.208. The van der Waals surface area contributed by atoms with Crippen molar-refractivity contribution in [1.29, 1.82) is 0 Å². The maximum Gasteiger partial charge on any atom is 0.232 e. The Morgan fingerprint density at radius 1 is 0.974 bits per heavy atom. The van der Waals surface area contributed by atoms with Gasteiger partial charge in [0.1, 0.15) is 5.01 Å². The number of methoxy groups -OCH3 is 1. The number of nitrogens with zero attached hydrogens (tertiary/aromatic N) is 2. The second-order valence-corrected chi connectivity index (χ2v) is 9.78. The lowest BCUT2D eigenvalue weighted by Gasteiger charge is -2.15. The highest BCUT2D eigenvalue weighted by Crippen LogP contribution is 2.19. The fraction of sp³-hybridized carbons (Fsp3) is 0.259. The number of quaternary nitrogens is 1. The number of aryl methyl sites for hydroxylation is 1. The Hall–Kier alpha value is -4.09. The summed E-state index contributed by atoms with van der Waals surface area (Å²) < 4.78 is 18.5. The summed E-state index contributed by atoms with van der Waals surface area (Å²) in [5, 5.41) is 15.3. The van der Waals surface area contributed by atoms with E-state index < -0.39 is 5.82 Å². The van der Waals surface area contributed by atoms with Crippen LogP contribution in [-0.4, -0.2) is 29.1 Å². The van der Waals surface area contributed by atoms with Crippen molar-refractivity contribution < 1.29 is 24.1 Å². The lowest BCUT2D eigenvalue weighted by molar-refractivity contribution is -0.664. The summed E-state index contributed by atoms with van der Waals surface area (Å²) in [5.41, 5.74) is 7.65. The zero-order chi connectivity index (χ0) is 26.7. The molecular weight excluding hydrogens is 507 g/mol. The molecule has 0 aliphatic carbocycles. The average molecular weight is 538 g/mol. The molecule has 0 bridgehead atoms. The number of allylic oxidation sites excluding steroid dienone is 3. The highest BCUT2D eigenvalue weighted by atomic mass is 32.1. The van der Waals surface area contributed by atoms with Crippen LogP contribution in [0.2, 0.25) is 0 Å². The smallest absolute Gasteiger partial charge is 0.232 e. The third kappa shape index (κ3) is 8.22. The van der Waals surface area contributed by atoms with Gasteiger partial charge in [-0.05, 0) is 48.6 Å². The summed E-state index contributed by atoms with van der Waals surface area (Å²) >= 11 is 1.40. The SMILES string of the molecule is COc1cc(CC(=O)NC2=CC=C(CCCCc3nnc(NC(=O)Cc4ccccc4)s3)N[NH2+]2)ccc1F. The van der Waals surface area contributed by atoms with Crippen molar-refractivity contribution in [3.63, 3.8) is 0 Å². The number of carbonyl (C=O) groups excluding carboxylic acids is 2. The van der Waals surface area contributed by atoms with E-state index in [1.165, 1.54) is 30.6 Å². The maximum absolute atomic E-state index is 13.5. The molecule has 198 valence electrons. The van der Waals surface area contributed by atoms with E-state index in [2.05, 4.69) is 26.3 Å². The normalized spacial score (nSPS) is 12.7. The number of halogens is 1. The van der Waals surface area contributed by atoms with Gasteiger partial charge in [0.05, 0.1) is 25.6 Å². The van der Waals surface area contributed by atoms with E-state index in [0.717, 1.165) is 42.0 Å². The first-order chi connectivity index (χ1) is 18.5. The van der Waals surface area contributed by atoms with Crippen molar-refractivity contribution >= 4 is 28.3 Å². The standard InChI is InChI=1S/C27H29FN6O3S/c1-37-22-15-19(11-13-21(22)28)17-24(35)29-23-14-12-20(31-32-23)9-5-6-10-26-33-34-27(38-26)30-25(36)16-18-7-3-2-4-8-18/h2-4,7-8,11-15,31-32H,5-6,9-10,16-17H2,1H3,(H,29,35)(H,30,34,36)/p+1. The van der Waals surface area contributed by atoms with Crippen LogP contribution in [0.4, 0.5) is 9.52 Å². The van der Waals surface area contributed by atoms with Crippen molar-refractivity contribution in [2.45, 2.75) is 38.5 Å². The van der Waals surface area contributed by atoms with Crippen LogP contribution in [0.5, 0.6) is 5.75 Å². The van der Waals surface area contributed by atoms with E-state index >= 15 is 0 Å². The molecule has 38 heavy (non-hydrogen) atoms. The lowest BCUT2D eigenvalue weighted by atomic mass is 10.1. The molecule has 2 amide bonds. The molecule has 9 nitrogen and oxygen atoms in total. The predicted octanol–water partition coefficient (Wildman–Crippen LogP) is 2.75. The van der Waals surface area contributed by atoms with Gasteiger partial charge in [0.2, 0.25) is 22.8 Å². The lowest BCUT2D eigenvalue weighted by Crippen LogP contribution is -2.93. The van der Waals surface area contributed by atoms with E-state index in [0.29, 0.717) is 22.9 Å². The third-order valence-electron chi connectivity index (χ3n) is 5.75. The molecule has 11 heteroatoms. The number of unbranched alkanes of at least 4 members (excludes halogenated alkanes) is 1. The van der Waals surface area contributed by atoms with E-state index in [1.807, 2.05) is 42.5 Å². The number of aromatic nitrogens is 2. The summed E-state index contributed by atoms with van der Waals surface area (Å²) in [6, 6.07) is 14.0. The molecule has 5 N–H and O–H groups in total. The maximum atomic E-state index is 13.5. The number of benzene rings is 2. The Balaban J connectivity index is 1.15. The number of hydrogen-bond acceptors (Lipinski definition) is 7. The number of nitrogens with two attached hydrogens (primary N) is 1. The molecule has 0 saturated heterocycles. The van der Waals surface area contributed by atoms with Gasteiger partial charge in [-0.25, -0.2) is 9.82 Å². The molecule has 1 aliphatic heterocycles. The van der Waals surface area contributed by atoms with Gasteiger partial charge < -0.3 is 10.1 Å². The number of nitrogens with one attached hydrogen (secondary N) is 3. The van der Waals surface area contributed by atoms with Crippen molar-refractivity contribution in [2.75, 3.05) is 12.4 Å². The summed E-state index contributed by atoms with van der Waals surface area (Å²) in [7, 11) is 1.39. The third-order valence-corrected chi connectivity index (χ3v) is 6.65. The second kappa shape index (κ2) is 13.5. The highest BCUT2D eigenvalue weighted by Gasteiger charge is 2.14. The molecule has 2 heterocycles. The van der Waals surface area contributed by atoms with Crippen LogP contribution in [0.15, 0.2) is 72.2 Å². The predicted molar refractivity (Wildman–Crippen MR) is 142 cm³/mol. The molecule has 0 unspecified atom stereocenters. The highest BCUT2D eigenvalue weighted by molar-refractivity contribution is 7.15. The Labute approximate surface area is 224 Å². The summed E-state index contributed by atoms with van der Waals surface area (Å²) in [6.07, 6.45) is 7.73. The number of amides is 2. The molecule has 0 atom stereocenters. The number of anilines is 1. The molecule has 0 fully saturated rings. The Morgan fingerprint density at radius 3 is 2.50 bits per heavy atom. The number of hydrogen-bond donors (Lipinski definition) is 4. The van der Waals surface area contributed by atoms with Crippen molar-refractivity contribution in [3.8, 4) is 5.75 Å².